The van der Waals surface area contributed by atoms with Crippen molar-refractivity contribution >= 4 is 22.7 Å². The van der Waals surface area contributed by atoms with Gasteiger partial charge in [-0.3, -0.25) is 0 Å². The van der Waals surface area contributed by atoms with Crippen LogP contribution in [0.5, 0.6) is 0 Å². The van der Waals surface area contributed by atoms with Crippen molar-refractivity contribution in [3.63, 3.8) is 0 Å². The predicted octanol–water partition coefficient (Wildman–Crippen LogP) is 2.11. The van der Waals surface area contributed by atoms with Gasteiger partial charge in [-0.1, -0.05) is 18.2 Å². The number of fused-ring (bicyclic) bond motifs is 1. The van der Waals surface area contributed by atoms with Gasteiger partial charge < -0.3 is 10.7 Å². The van der Waals surface area contributed by atoms with E-state index in [2.05, 4.69) is 17.1 Å². The molecule has 1 aromatic carbocycles. The molecule has 1 heterocycles. The maximum Gasteiger partial charge on any atom is 0.102 e. The van der Waals surface area contributed by atoms with Gasteiger partial charge in [-0.2, -0.15) is 5.26 Å². The van der Waals surface area contributed by atoms with Crippen LogP contribution in [0.25, 0.3) is 10.9 Å². The van der Waals surface area contributed by atoms with Crippen LogP contribution in [0.15, 0.2) is 35.4 Å². The van der Waals surface area contributed by atoms with Gasteiger partial charge in [0.15, 0.2) is 0 Å². The molecule has 76 valence electrons. The summed E-state index contributed by atoms with van der Waals surface area (Å²) in [6.45, 7) is 0. The van der Waals surface area contributed by atoms with Gasteiger partial charge in [0.2, 0.25) is 0 Å². The van der Waals surface area contributed by atoms with Crippen LogP contribution in [-0.4, -0.2) is 16.8 Å². The predicted molar refractivity (Wildman–Crippen MR) is 62.6 cm³/mol. The Bertz CT molecular complexity index is 465. The molecule has 1 unspecified atom stereocenters. The quantitative estimate of drug-likeness (QED) is 0.774. The SMILES string of the molecule is N#CC(N)CSc1cc2ccccc2[nH]1. The number of nitrogens with zero attached hydrogens (tertiary/aromatic N) is 1. The number of nitrogens with one attached hydrogen (secondary N) is 1. The second kappa shape index (κ2) is 4.39. The molecule has 0 bridgehead atoms. The Hall–Kier alpha value is -1.44. The summed E-state index contributed by atoms with van der Waals surface area (Å²) >= 11 is 1.58. The topological polar surface area (TPSA) is 65.6 Å². The maximum absolute atomic E-state index is 8.55. The third-order valence-electron chi connectivity index (χ3n) is 2.09. The van der Waals surface area contributed by atoms with Crippen molar-refractivity contribution in [2.45, 2.75) is 11.1 Å². The van der Waals surface area contributed by atoms with E-state index in [0.29, 0.717) is 5.75 Å². The largest absolute Gasteiger partial charge is 0.350 e. The summed E-state index contributed by atoms with van der Waals surface area (Å²) in [6.07, 6.45) is 0. The highest BCUT2D eigenvalue weighted by molar-refractivity contribution is 7.99. The molecule has 2 aromatic rings. The molecule has 3 N–H and O–H groups in total. The van der Waals surface area contributed by atoms with Crippen LogP contribution in [0.3, 0.4) is 0 Å². The summed E-state index contributed by atoms with van der Waals surface area (Å²) in [5, 5.41) is 10.8. The Balaban J connectivity index is 2.13. The fraction of sp³-hybridized carbons (Fsp3) is 0.182. The van der Waals surface area contributed by atoms with Crippen molar-refractivity contribution in [1.29, 1.82) is 5.26 Å². The highest BCUT2D eigenvalue weighted by Gasteiger charge is 2.04. The van der Waals surface area contributed by atoms with Crippen LogP contribution in [0, 0.1) is 11.3 Å². The van der Waals surface area contributed by atoms with E-state index in [1.54, 1.807) is 11.8 Å². The lowest BCUT2D eigenvalue weighted by molar-refractivity contribution is 0.952. The van der Waals surface area contributed by atoms with E-state index in [4.69, 9.17) is 11.0 Å². The molecule has 0 radical (unpaired) electrons. The van der Waals surface area contributed by atoms with E-state index >= 15 is 0 Å². The fourth-order valence-electron chi connectivity index (χ4n) is 1.34. The molecule has 0 aliphatic carbocycles. The molecule has 1 atom stereocenters. The number of hydrogen-bond acceptors (Lipinski definition) is 3. The van der Waals surface area contributed by atoms with Crippen molar-refractivity contribution in [3.05, 3.63) is 30.3 Å². The summed E-state index contributed by atoms with van der Waals surface area (Å²) in [6, 6.07) is 11.8. The summed E-state index contributed by atoms with van der Waals surface area (Å²) in [5.74, 6) is 0.614. The molecular weight excluding hydrogens is 206 g/mol. The summed E-state index contributed by atoms with van der Waals surface area (Å²) in [4.78, 5) is 3.27. The first-order chi connectivity index (χ1) is 7.29. The van der Waals surface area contributed by atoms with E-state index in [-0.39, 0.29) is 0 Å². The van der Waals surface area contributed by atoms with Gasteiger partial charge in [0, 0.05) is 16.7 Å². The number of aromatic amines is 1. The number of thioether (sulfide) groups is 1. The van der Waals surface area contributed by atoms with Crippen molar-refractivity contribution in [2.75, 3.05) is 5.75 Å². The Morgan fingerprint density at radius 3 is 3.00 bits per heavy atom. The standard InChI is InChI=1S/C11H11N3S/c12-6-9(13)7-15-11-5-8-3-1-2-4-10(8)14-11/h1-5,9,14H,7,13H2. The Kier molecular flexibility index (Phi) is 2.95. The molecule has 0 amide bonds. The number of para-hydroxylation sites is 1. The average Bonchev–Trinajstić information content (AvgIpc) is 2.68. The molecule has 3 nitrogen and oxygen atoms in total. The zero-order valence-corrected chi connectivity index (χ0v) is 8.92. The summed E-state index contributed by atoms with van der Waals surface area (Å²) < 4.78 is 0. The molecule has 1 aromatic heterocycles. The third-order valence-corrected chi connectivity index (χ3v) is 3.15. The number of rotatable bonds is 3. The molecule has 0 saturated carbocycles. The lowest BCUT2D eigenvalue weighted by Crippen LogP contribution is -2.19. The first-order valence-corrected chi connectivity index (χ1v) is 5.64. The van der Waals surface area contributed by atoms with E-state index in [0.717, 1.165) is 10.5 Å². The minimum atomic E-state index is -0.401. The normalized spacial score (nSPS) is 12.5. The monoisotopic (exact) mass is 217 g/mol. The summed E-state index contributed by atoms with van der Waals surface area (Å²) in [5.41, 5.74) is 6.64. The van der Waals surface area contributed by atoms with Crippen LogP contribution in [0.2, 0.25) is 0 Å². The number of hydrogen-bond donors (Lipinski definition) is 2. The zero-order valence-electron chi connectivity index (χ0n) is 8.10. The van der Waals surface area contributed by atoms with E-state index < -0.39 is 6.04 Å². The second-order valence-corrected chi connectivity index (χ2v) is 4.33. The van der Waals surface area contributed by atoms with Crippen LogP contribution in [-0.2, 0) is 0 Å². The summed E-state index contributed by atoms with van der Waals surface area (Å²) in [7, 11) is 0. The van der Waals surface area contributed by atoms with Crippen molar-refractivity contribution in [2.24, 2.45) is 5.73 Å². The number of nitriles is 1. The number of benzene rings is 1. The van der Waals surface area contributed by atoms with Gasteiger partial charge >= 0.3 is 0 Å². The molecule has 2 rings (SSSR count). The zero-order chi connectivity index (χ0) is 10.7. The molecule has 0 aliphatic rings. The molecule has 15 heavy (non-hydrogen) atoms. The molecule has 0 aliphatic heterocycles. The molecule has 0 saturated heterocycles. The van der Waals surface area contributed by atoms with Crippen molar-refractivity contribution in [3.8, 4) is 6.07 Å². The number of H-pyrrole nitrogens is 1. The number of aromatic nitrogens is 1. The first kappa shape index (κ1) is 10.1. The van der Waals surface area contributed by atoms with Gasteiger partial charge in [0.25, 0.3) is 0 Å². The van der Waals surface area contributed by atoms with Crippen LogP contribution in [0.1, 0.15) is 0 Å². The molecule has 0 fully saturated rings. The van der Waals surface area contributed by atoms with Crippen LogP contribution in [0.4, 0.5) is 0 Å². The minimum absolute atomic E-state index is 0.401. The molecule has 4 heteroatoms. The van der Waals surface area contributed by atoms with Gasteiger partial charge in [-0.05, 0) is 12.1 Å². The van der Waals surface area contributed by atoms with Gasteiger partial charge in [-0.25, -0.2) is 0 Å². The van der Waals surface area contributed by atoms with Gasteiger partial charge in [-0.15, -0.1) is 11.8 Å². The minimum Gasteiger partial charge on any atom is -0.350 e. The average molecular weight is 217 g/mol. The van der Waals surface area contributed by atoms with Crippen molar-refractivity contribution < 1.29 is 0 Å². The smallest absolute Gasteiger partial charge is 0.102 e. The highest BCUT2D eigenvalue weighted by Crippen LogP contribution is 2.23. The Morgan fingerprint density at radius 1 is 1.47 bits per heavy atom. The number of nitrogens with two attached hydrogens (primary N) is 1. The molecule has 0 spiro atoms. The molecular formula is C11H11N3S. The highest BCUT2D eigenvalue weighted by atomic mass is 32.2. The van der Waals surface area contributed by atoms with Crippen LogP contribution >= 0.6 is 11.8 Å². The van der Waals surface area contributed by atoms with Gasteiger partial charge in [0.05, 0.1) is 11.1 Å². The van der Waals surface area contributed by atoms with Crippen LogP contribution < -0.4 is 5.73 Å². The fourth-order valence-corrected chi connectivity index (χ4v) is 2.17. The third kappa shape index (κ3) is 2.32. The first-order valence-electron chi connectivity index (χ1n) is 4.65. The van der Waals surface area contributed by atoms with Gasteiger partial charge in [0.1, 0.15) is 6.04 Å². The van der Waals surface area contributed by atoms with E-state index in [1.165, 1.54) is 5.39 Å². The van der Waals surface area contributed by atoms with E-state index in [9.17, 15) is 0 Å². The maximum atomic E-state index is 8.55. The Morgan fingerprint density at radius 2 is 2.27 bits per heavy atom. The lowest BCUT2D eigenvalue weighted by atomic mass is 10.3. The van der Waals surface area contributed by atoms with Crippen molar-refractivity contribution in [1.82, 2.24) is 4.98 Å². The lowest BCUT2D eigenvalue weighted by Gasteiger charge is -1.99. The van der Waals surface area contributed by atoms with E-state index in [1.807, 2.05) is 24.3 Å². The second-order valence-electron chi connectivity index (χ2n) is 3.27. The Labute approximate surface area is 92.3 Å².